The lowest BCUT2D eigenvalue weighted by atomic mass is 10.0. The molecule has 200 valence electrons. The Labute approximate surface area is 207 Å². The molecule has 0 aliphatic rings. The average Bonchev–Trinajstić information content (AvgIpc) is 2.70. The van der Waals surface area contributed by atoms with E-state index < -0.39 is 35.4 Å². The number of nitrogens with two attached hydrogens (primary N) is 1. The Morgan fingerprint density at radius 2 is 1.03 bits per heavy atom. The van der Waals surface area contributed by atoms with E-state index in [-0.39, 0.29) is 0 Å². The summed E-state index contributed by atoms with van der Waals surface area (Å²) in [4.78, 5) is 39.0. The van der Waals surface area contributed by atoms with E-state index >= 15 is 0 Å². The number of ether oxygens (including phenoxy) is 3. The van der Waals surface area contributed by atoms with Gasteiger partial charge in [-0.2, -0.15) is 4.90 Å². The predicted octanol–water partition coefficient (Wildman–Crippen LogP) is 6.34. The van der Waals surface area contributed by atoms with Gasteiger partial charge in [-0.15, -0.1) is 0 Å². The molecule has 0 unspecified atom stereocenters. The molecule has 0 aliphatic heterocycles. The Bertz CT molecular complexity index is 567. The Morgan fingerprint density at radius 3 is 1.35 bits per heavy atom. The quantitative estimate of drug-likeness (QED) is 0.163. The Morgan fingerprint density at radius 1 is 0.676 bits per heavy atom. The van der Waals surface area contributed by atoms with Crippen molar-refractivity contribution in [1.82, 2.24) is 4.90 Å². The lowest BCUT2D eigenvalue weighted by molar-refractivity contribution is -0.147. The van der Waals surface area contributed by atoms with Crippen LogP contribution in [0, 0.1) is 0 Å². The first kappa shape index (κ1) is 32.2. The molecule has 0 fully saturated rings. The highest BCUT2D eigenvalue weighted by atomic mass is 16.6. The first-order valence-electron chi connectivity index (χ1n) is 12.9. The van der Waals surface area contributed by atoms with Gasteiger partial charge in [-0.05, 0) is 60.9 Å². The van der Waals surface area contributed by atoms with Gasteiger partial charge < -0.3 is 19.9 Å². The van der Waals surface area contributed by atoms with Crippen molar-refractivity contribution in [1.29, 1.82) is 0 Å². The molecule has 0 aliphatic carbocycles. The molecule has 0 saturated heterocycles. The second kappa shape index (κ2) is 16.7. The minimum atomic E-state index is -1.09. The van der Waals surface area contributed by atoms with Gasteiger partial charge in [0, 0.05) is 0 Å². The third-order valence-corrected chi connectivity index (χ3v) is 5.15. The molecule has 0 aromatic rings. The number of rotatable bonds is 15. The number of nitrogens with zero attached hydrogens (tertiary/aromatic N) is 1. The van der Waals surface area contributed by atoms with Gasteiger partial charge in [0.15, 0.2) is 0 Å². The van der Waals surface area contributed by atoms with E-state index in [9.17, 15) is 14.4 Å². The van der Waals surface area contributed by atoms with Crippen LogP contribution in [0.4, 0.5) is 9.59 Å². The Hall–Kier alpha value is -1.83. The molecule has 8 heteroatoms. The molecule has 0 heterocycles. The monoisotopic (exact) mass is 486 g/mol. The fourth-order valence-corrected chi connectivity index (χ4v) is 3.51. The summed E-state index contributed by atoms with van der Waals surface area (Å²) in [6.45, 7) is 11.0. The lowest BCUT2D eigenvalue weighted by Gasteiger charge is -2.32. The van der Waals surface area contributed by atoms with Crippen LogP contribution in [-0.4, -0.2) is 54.0 Å². The van der Waals surface area contributed by atoms with Gasteiger partial charge in [-0.1, -0.05) is 64.2 Å². The van der Waals surface area contributed by atoms with Crippen LogP contribution in [0.15, 0.2) is 0 Å². The molecule has 0 saturated carbocycles. The highest BCUT2D eigenvalue weighted by Gasteiger charge is 2.40. The minimum Gasteiger partial charge on any atom is -0.467 e. The summed E-state index contributed by atoms with van der Waals surface area (Å²) in [5, 5.41) is 0. The van der Waals surface area contributed by atoms with Gasteiger partial charge in [0.05, 0.1) is 7.11 Å². The number of carbonyl (C=O) groups is 3. The molecule has 0 aromatic carbocycles. The summed E-state index contributed by atoms with van der Waals surface area (Å²) in [5.41, 5.74) is 3.85. The second-order valence-corrected chi connectivity index (χ2v) is 10.8. The molecule has 1 atom stereocenters. The highest BCUT2D eigenvalue weighted by Crippen LogP contribution is 2.21. The molecule has 2 amide bonds. The van der Waals surface area contributed by atoms with Crippen molar-refractivity contribution in [2.75, 3.05) is 13.7 Å². The normalized spacial score (nSPS) is 12.7. The molecule has 8 nitrogen and oxygen atoms in total. The van der Waals surface area contributed by atoms with Gasteiger partial charge >= 0.3 is 18.2 Å². The van der Waals surface area contributed by atoms with Gasteiger partial charge in [-0.3, -0.25) is 0 Å². The van der Waals surface area contributed by atoms with E-state index in [1.165, 1.54) is 45.6 Å². The largest absolute Gasteiger partial charge is 0.467 e. The van der Waals surface area contributed by atoms with E-state index in [0.717, 1.165) is 37.1 Å². The topological polar surface area (TPSA) is 108 Å². The lowest BCUT2D eigenvalue weighted by Crippen LogP contribution is -2.52. The number of hydrogen-bond acceptors (Lipinski definition) is 7. The van der Waals surface area contributed by atoms with Crippen LogP contribution in [0.1, 0.15) is 119 Å². The maximum absolute atomic E-state index is 12.9. The van der Waals surface area contributed by atoms with Crippen LogP contribution < -0.4 is 5.73 Å². The van der Waals surface area contributed by atoms with Crippen LogP contribution in [0.5, 0.6) is 0 Å². The molecule has 0 spiro atoms. The van der Waals surface area contributed by atoms with Gasteiger partial charge in [0.2, 0.25) is 0 Å². The number of amides is 2. The van der Waals surface area contributed by atoms with Crippen molar-refractivity contribution < 1.29 is 28.6 Å². The zero-order chi connectivity index (χ0) is 26.2. The third kappa shape index (κ3) is 15.9. The predicted molar refractivity (Wildman–Crippen MR) is 135 cm³/mol. The van der Waals surface area contributed by atoms with Crippen LogP contribution >= 0.6 is 0 Å². The zero-order valence-corrected chi connectivity index (χ0v) is 22.7. The maximum Gasteiger partial charge on any atom is 0.420 e. The van der Waals surface area contributed by atoms with E-state index in [1.54, 1.807) is 41.5 Å². The summed E-state index contributed by atoms with van der Waals surface area (Å²) in [5.74, 6) is -0.661. The number of esters is 1. The van der Waals surface area contributed by atoms with Crippen molar-refractivity contribution >= 4 is 18.2 Å². The third-order valence-electron chi connectivity index (χ3n) is 5.15. The summed E-state index contributed by atoms with van der Waals surface area (Å²) < 4.78 is 15.7. The van der Waals surface area contributed by atoms with Gasteiger partial charge in [0.25, 0.3) is 0 Å². The average molecular weight is 487 g/mol. The van der Waals surface area contributed by atoms with E-state index in [2.05, 4.69) is 0 Å². The van der Waals surface area contributed by atoms with Gasteiger partial charge in [0.1, 0.15) is 17.2 Å². The SMILES string of the molecule is COC(=O)[C@H](CCCCCCCCCCCCCN)N(C(=O)OC(C)(C)C)C(=O)OC(C)(C)C. The summed E-state index contributed by atoms with van der Waals surface area (Å²) in [6.07, 6.45) is 10.8. The first-order valence-corrected chi connectivity index (χ1v) is 12.9. The second-order valence-electron chi connectivity index (χ2n) is 10.8. The molecular formula is C26H50N2O6. The number of unbranched alkanes of at least 4 members (excludes halogenated alkanes) is 10. The van der Waals surface area contributed by atoms with Crippen molar-refractivity contribution in [2.45, 2.75) is 136 Å². The molecule has 0 aromatic heterocycles. The summed E-state index contributed by atoms with van der Waals surface area (Å²) in [7, 11) is 1.24. The first-order chi connectivity index (χ1) is 15.8. The Kier molecular flexibility index (Phi) is 15.8. The van der Waals surface area contributed by atoms with Crippen LogP contribution in [0.25, 0.3) is 0 Å². The molecule has 34 heavy (non-hydrogen) atoms. The fourth-order valence-electron chi connectivity index (χ4n) is 3.51. The zero-order valence-electron chi connectivity index (χ0n) is 22.7. The molecule has 0 bridgehead atoms. The minimum absolute atomic E-state index is 0.298. The number of carbonyl (C=O) groups excluding carboxylic acids is 3. The number of hydrogen-bond donors (Lipinski definition) is 1. The standard InChI is InChI=1S/C26H50N2O6/c1-25(2,3)33-23(30)28(24(31)34-26(4,5)6)21(22(29)32-7)19-17-15-13-11-9-8-10-12-14-16-18-20-27/h21H,8-20,27H2,1-7H3/t21-/m0/s1. The van der Waals surface area contributed by atoms with Crippen molar-refractivity contribution in [3.05, 3.63) is 0 Å². The van der Waals surface area contributed by atoms with Crippen molar-refractivity contribution in [2.24, 2.45) is 5.73 Å². The maximum atomic E-state index is 12.9. The molecule has 0 rings (SSSR count). The smallest absolute Gasteiger partial charge is 0.420 e. The molecule has 0 radical (unpaired) electrons. The molecular weight excluding hydrogens is 436 g/mol. The van der Waals surface area contributed by atoms with Crippen LogP contribution in [0.3, 0.4) is 0 Å². The fraction of sp³-hybridized carbons (Fsp3) is 0.885. The van der Waals surface area contributed by atoms with E-state index in [1.807, 2.05) is 0 Å². The van der Waals surface area contributed by atoms with Crippen LogP contribution in [-0.2, 0) is 19.0 Å². The summed E-state index contributed by atoms with van der Waals surface area (Å²) >= 11 is 0. The van der Waals surface area contributed by atoms with Gasteiger partial charge in [-0.25, -0.2) is 14.4 Å². The Balaban J connectivity index is 4.81. The van der Waals surface area contributed by atoms with Crippen molar-refractivity contribution in [3.8, 4) is 0 Å². The van der Waals surface area contributed by atoms with E-state index in [0.29, 0.717) is 12.8 Å². The number of imide groups is 1. The van der Waals surface area contributed by atoms with Crippen molar-refractivity contribution in [3.63, 3.8) is 0 Å². The van der Waals surface area contributed by atoms with Crippen LogP contribution in [0.2, 0.25) is 0 Å². The highest BCUT2D eigenvalue weighted by molar-refractivity contribution is 5.94. The summed E-state index contributed by atoms with van der Waals surface area (Å²) in [6, 6.07) is -1.09. The number of methoxy groups -OCH3 is 1. The molecule has 2 N–H and O–H groups in total. The van der Waals surface area contributed by atoms with E-state index in [4.69, 9.17) is 19.9 Å².